The highest BCUT2D eigenvalue weighted by molar-refractivity contribution is 6.08. The average molecular weight is 332 g/mol. The zero-order valence-corrected chi connectivity index (χ0v) is 14.4. The fourth-order valence-electron chi connectivity index (χ4n) is 3.47. The maximum atomic E-state index is 5.87. The van der Waals surface area contributed by atoms with E-state index in [2.05, 4.69) is 91.0 Å². The van der Waals surface area contributed by atoms with Crippen molar-refractivity contribution >= 4 is 7.85 Å². The van der Waals surface area contributed by atoms with E-state index in [0.717, 1.165) is 12.8 Å². The Labute approximate surface area is 151 Å². The van der Waals surface area contributed by atoms with Crippen LogP contribution in [0, 0.1) is 0 Å². The zero-order valence-electron chi connectivity index (χ0n) is 14.4. The molecule has 0 unspecified atom stereocenters. The lowest BCUT2D eigenvalue weighted by Gasteiger charge is -2.36. The summed E-state index contributed by atoms with van der Waals surface area (Å²) in [6, 6.07) is 32.4. The van der Waals surface area contributed by atoms with Crippen LogP contribution in [0.25, 0.3) is 0 Å². The number of rotatable bonds is 6. The van der Waals surface area contributed by atoms with Crippen molar-refractivity contribution in [2.75, 3.05) is 0 Å². The largest absolute Gasteiger partial charge is 0.412 e. The Bertz CT molecular complexity index is 618. The van der Waals surface area contributed by atoms with Gasteiger partial charge in [-0.2, -0.15) is 0 Å². The number of hydrogen-bond acceptors (Lipinski definition) is 0. The summed E-state index contributed by atoms with van der Waals surface area (Å²) in [6.45, 7) is 0. The second-order valence-electron chi connectivity index (χ2n) is 5.90. The van der Waals surface area contributed by atoms with E-state index in [4.69, 9.17) is 7.85 Å². The molecule has 0 saturated heterocycles. The van der Waals surface area contributed by atoms with Crippen LogP contribution < -0.4 is 0 Å². The van der Waals surface area contributed by atoms with E-state index in [1.807, 2.05) is 0 Å². The maximum absolute atomic E-state index is 5.87. The molecule has 0 fully saturated rings. The van der Waals surface area contributed by atoms with Gasteiger partial charge in [-0.05, 0) is 23.1 Å². The number of benzene rings is 3. The number of hydrogen-bond donors (Lipinski definition) is 0. The minimum Gasteiger partial charge on any atom is -0.412 e. The molecule has 3 aromatic rings. The lowest BCUT2D eigenvalue weighted by atomic mass is 9.66. The summed E-state index contributed by atoms with van der Waals surface area (Å²) in [7, 11) is 5.87. The van der Waals surface area contributed by atoms with E-state index in [1.165, 1.54) is 16.7 Å². The Morgan fingerprint density at radius 1 is 0.560 bits per heavy atom. The first-order valence-electron chi connectivity index (χ1n) is 8.24. The van der Waals surface area contributed by atoms with Crippen molar-refractivity contribution in [2.45, 2.75) is 24.6 Å². The molecule has 128 valence electrons. The molecule has 2 radical (unpaired) electrons. The van der Waals surface area contributed by atoms with Gasteiger partial charge in [0.15, 0.2) is 0 Å². The van der Waals surface area contributed by atoms with E-state index in [0.29, 0.717) is 6.32 Å². The Balaban J connectivity index is 0.00000156. The van der Waals surface area contributed by atoms with Crippen LogP contribution in [-0.4, -0.2) is 18.8 Å². The topological polar surface area (TPSA) is 63.0 Å². The molecule has 3 heteroatoms. The molecule has 25 heavy (non-hydrogen) atoms. The van der Waals surface area contributed by atoms with Crippen molar-refractivity contribution in [3.05, 3.63) is 108 Å². The minimum atomic E-state index is -0.150. The van der Waals surface area contributed by atoms with Crippen LogP contribution in [0.4, 0.5) is 0 Å². The average Bonchev–Trinajstić information content (AvgIpc) is 2.65. The van der Waals surface area contributed by atoms with Gasteiger partial charge in [0.2, 0.25) is 0 Å². The van der Waals surface area contributed by atoms with Crippen LogP contribution in [0.1, 0.15) is 29.5 Å². The Morgan fingerprint density at radius 2 is 0.880 bits per heavy atom. The van der Waals surface area contributed by atoms with E-state index >= 15 is 0 Å². The first-order chi connectivity index (χ1) is 11.4. The van der Waals surface area contributed by atoms with Crippen molar-refractivity contribution in [2.24, 2.45) is 0 Å². The predicted octanol–water partition coefficient (Wildman–Crippen LogP) is 3.74. The SMILES string of the molecule is O.O.[B]CCCC(c1ccccc1)(c1ccccc1)c1ccccc1. The minimum absolute atomic E-state index is 0. The third-order valence-corrected chi connectivity index (χ3v) is 4.56. The first kappa shape index (κ1) is 20.7. The molecule has 3 aromatic carbocycles. The summed E-state index contributed by atoms with van der Waals surface area (Å²) in [6.07, 6.45) is 2.69. The third kappa shape index (κ3) is 4.19. The molecule has 0 aliphatic carbocycles. The lowest BCUT2D eigenvalue weighted by Crippen LogP contribution is -2.29. The molecule has 0 aliphatic heterocycles. The fraction of sp³-hybridized carbons (Fsp3) is 0.182. The quantitative estimate of drug-likeness (QED) is 0.488. The Hall–Kier alpha value is -2.36. The van der Waals surface area contributed by atoms with Gasteiger partial charge in [-0.25, -0.2) is 0 Å². The normalized spacial score (nSPS) is 10.4. The van der Waals surface area contributed by atoms with Gasteiger partial charge < -0.3 is 11.0 Å². The van der Waals surface area contributed by atoms with Crippen LogP contribution >= 0.6 is 0 Å². The molecule has 0 saturated carbocycles. The molecule has 0 amide bonds. The smallest absolute Gasteiger partial charge is 0.0653 e. The van der Waals surface area contributed by atoms with Crippen LogP contribution in [0.3, 0.4) is 0 Å². The van der Waals surface area contributed by atoms with Gasteiger partial charge in [-0.1, -0.05) is 104 Å². The second-order valence-corrected chi connectivity index (χ2v) is 5.90. The Morgan fingerprint density at radius 3 is 1.16 bits per heavy atom. The van der Waals surface area contributed by atoms with Gasteiger partial charge in [0.25, 0.3) is 0 Å². The molecular formula is C22H25BO2. The summed E-state index contributed by atoms with van der Waals surface area (Å²) >= 11 is 0. The van der Waals surface area contributed by atoms with Gasteiger partial charge in [-0.3, -0.25) is 0 Å². The fourth-order valence-corrected chi connectivity index (χ4v) is 3.47. The molecule has 0 bridgehead atoms. The van der Waals surface area contributed by atoms with Crippen molar-refractivity contribution in [3.63, 3.8) is 0 Å². The zero-order chi connectivity index (χ0) is 16.0. The van der Waals surface area contributed by atoms with Crippen molar-refractivity contribution in [3.8, 4) is 0 Å². The molecule has 0 aliphatic rings. The molecular weight excluding hydrogens is 307 g/mol. The van der Waals surface area contributed by atoms with Crippen LogP contribution in [0.2, 0.25) is 6.32 Å². The summed E-state index contributed by atoms with van der Waals surface area (Å²) < 4.78 is 0. The van der Waals surface area contributed by atoms with Gasteiger partial charge in [0.1, 0.15) is 0 Å². The maximum Gasteiger partial charge on any atom is 0.0653 e. The summed E-state index contributed by atoms with van der Waals surface area (Å²) in [5.41, 5.74) is 3.82. The van der Waals surface area contributed by atoms with Crippen LogP contribution in [0.15, 0.2) is 91.0 Å². The Kier molecular flexibility index (Phi) is 8.13. The molecule has 0 atom stereocenters. The van der Waals surface area contributed by atoms with Gasteiger partial charge in [0.05, 0.1) is 7.85 Å². The predicted molar refractivity (Wildman–Crippen MR) is 106 cm³/mol. The van der Waals surface area contributed by atoms with Gasteiger partial charge in [0, 0.05) is 5.41 Å². The highest BCUT2D eigenvalue weighted by Crippen LogP contribution is 2.43. The monoisotopic (exact) mass is 332 g/mol. The molecule has 0 heterocycles. The van der Waals surface area contributed by atoms with Gasteiger partial charge >= 0.3 is 0 Å². The highest BCUT2D eigenvalue weighted by atomic mass is 16.0. The molecule has 4 N–H and O–H groups in total. The van der Waals surface area contributed by atoms with Crippen molar-refractivity contribution in [1.29, 1.82) is 0 Å². The molecule has 0 aromatic heterocycles. The summed E-state index contributed by atoms with van der Waals surface area (Å²) in [5.74, 6) is 0. The molecule has 3 rings (SSSR count). The van der Waals surface area contributed by atoms with E-state index in [9.17, 15) is 0 Å². The summed E-state index contributed by atoms with van der Waals surface area (Å²) in [4.78, 5) is 0. The van der Waals surface area contributed by atoms with E-state index in [1.54, 1.807) is 0 Å². The highest BCUT2D eigenvalue weighted by Gasteiger charge is 2.35. The van der Waals surface area contributed by atoms with E-state index < -0.39 is 0 Å². The summed E-state index contributed by atoms with van der Waals surface area (Å²) in [5, 5.41) is 0. The lowest BCUT2D eigenvalue weighted by molar-refractivity contribution is 0.550. The molecule has 2 nitrogen and oxygen atoms in total. The molecule has 0 spiro atoms. The second kappa shape index (κ2) is 9.82. The van der Waals surface area contributed by atoms with Crippen molar-refractivity contribution < 1.29 is 11.0 Å². The van der Waals surface area contributed by atoms with Crippen LogP contribution in [-0.2, 0) is 5.41 Å². The van der Waals surface area contributed by atoms with Crippen molar-refractivity contribution in [1.82, 2.24) is 0 Å². The van der Waals surface area contributed by atoms with Gasteiger partial charge in [-0.15, -0.1) is 0 Å². The third-order valence-electron chi connectivity index (χ3n) is 4.56. The first-order valence-corrected chi connectivity index (χ1v) is 8.24. The van der Waals surface area contributed by atoms with Crippen LogP contribution in [0.5, 0.6) is 0 Å². The standard InChI is InChI=1S/C22H21B.2H2O/c23-18-10-17-22(19-11-4-1-5-12-19,20-13-6-2-7-14-20)21-15-8-3-9-16-21;;/h1-9,11-16H,10,17-18H2;2*1H2. The van der Waals surface area contributed by atoms with E-state index in [-0.39, 0.29) is 16.4 Å².